The zero-order chi connectivity index (χ0) is 18.5. The van der Waals surface area contributed by atoms with E-state index in [1.165, 1.54) is 0 Å². The Labute approximate surface area is 155 Å². The van der Waals surface area contributed by atoms with E-state index in [9.17, 15) is 9.59 Å². The van der Waals surface area contributed by atoms with Gasteiger partial charge < -0.3 is 13.9 Å². The van der Waals surface area contributed by atoms with Gasteiger partial charge in [-0.3, -0.25) is 14.7 Å². The first-order valence-corrected chi connectivity index (χ1v) is 9.20. The molecule has 0 aromatic carbocycles. The van der Waals surface area contributed by atoms with Crippen LogP contribution in [0.4, 0.5) is 0 Å². The molecule has 1 amide bonds. The van der Waals surface area contributed by atoms with Crippen molar-refractivity contribution < 1.29 is 9.21 Å². The highest BCUT2D eigenvalue weighted by Crippen LogP contribution is 2.35. The molecule has 2 atom stereocenters. The van der Waals surface area contributed by atoms with Crippen LogP contribution in [0, 0.1) is 12.8 Å². The molecule has 138 valence electrons. The average molecular weight is 364 g/mol. The van der Waals surface area contributed by atoms with Crippen molar-refractivity contribution in [2.75, 3.05) is 13.1 Å². The van der Waals surface area contributed by atoms with Crippen LogP contribution in [0.15, 0.2) is 45.6 Å². The number of nitrogens with one attached hydrogen (secondary N) is 1. The standard InChI is InChI=1S/C20H20N4O3/c1-12-5-6-18(27-12)15-8-16(22-21-15)20(26)23-9-13-7-14(11-23)17-3-2-4-19(25)24(17)10-13/h2-6,8,13-14H,7,9-11H2,1H3,(H,21,22)/t13-,14+/m1/s1. The van der Waals surface area contributed by atoms with E-state index in [2.05, 4.69) is 10.2 Å². The van der Waals surface area contributed by atoms with Crippen molar-refractivity contribution in [2.45, 2.75) is 25.8 Å². The van der Waals surface area contributed by atoms with Gasteiger partial charge in [0.1, 0.15) is 11.5 Å². The number of nitrogens with zero attached hydrogens (tertiary/aromatic N) is 3. The van der Waals surface area contributed by atoms with Gasteiger partial charge in [-0.25, -0.2) is 0 Å². The normalized spacial score (nSPS) is 21.1. The number of carbonyl (C=O) groups excluding carboxylic acids is 1. The molecule has 7 heteroatoms. The lowest BCUT2D eigenvalue weighted by Crippen LogP contribution is -2.49. The summed E-state index contributed by atoms with van der Waals surface area (Å²) in [6, 6.07) is 10.9. The molecule has 1 N–H and O–H groups in total. The minimum Gasteiger partial charge on any atom is -0.460 e. The quantitative estimate of drug-likeness (QED) is 0.757. The Morgan fingerprint density at radius 3 is 2.93 bits per heavy atom. The topological polar surface area (TPSA) is 84.1 Å². The van der Waals surface area contributed by atoms with E-state index in [0.29, 0.717) is 42.7 Å². The van der Waals surface area contributed by atoms with Crippen molar-refractivity contribution in [1.29, 1.82) is 0 Å². The van der Waals surface area contributed by atoms with Gasteiger partial charge in [0.25, 0.3) is 11.5 Å². The monoisotopic (exact) mass is 364 g/mol. The van der Waals surface area contributed by atoms with Gasteiger partial charge in [-0.1, -0.05) is 6.07 Å². The van der Waals surface area contributed by atoms with Crippen molar-refractivity contribution in [3.05, 3.63) is 63.9 Å². The summed E-state index contributed by atoms with van der Waals surface area (Å²) in [4.78, 5) is 27.0. The maximum absolute atomic E-state index is 13.0. The number of hydrogen-bond acceptors (Lipinski definition) is 4. The van der Waals surface area contributed by atoms with E-state index in [1.807, 2.05) is 34.6 Å². The molecule has 2 aliphatic heterocycles. The van der Waals surface area contributed by atoms with Gasteiger partial charge in [0.2, 0.25) is 0 Å². The highest BCUT2D eigenvalue weighted by Gasteiger charge is 2.37. The largest absolute Gasteiger partial charge is 0.460 e. The number of aromatic nitrogens is 3. The molecular formula is C20H20N4O3. The molecule has 0 spiro atoms. The fourth-order valence-corrected chi connectivity index (χ4v) is 4.36. The Hall–Kier alpha value is -3.09. The van der Waals surface area contributed by atoms with Crippen molar-refractivity contribution in [3.63, 3.8) is 0 Å². The van der Waals surface area contributed by atoms with Crippen LogP contribution in [0.2, 0.25) is 0 Å². The van der Waals surface area contributed by atoms with Crippen LogP contribution in [0.3, 0.4) is 0 Å². The minimum absolute atomic E-state index is 0.0488. The number of pyridine rings is 1. The summed E-state index contributed by atoms with van der Waals surface area (Å²) in [6.07, 6.45) is 1.02. The second-order valence-electron chi connectivity index (χ2n) is 7.49. The molecule has 3 aromatic heterocycles. The minimum atomic E-state index is -0.0813. The third-order valence-electron chi connectivity index (χ3n) is 5.57. The van der Waals surface area contributed by atoms with Crippen LogP contribution in [0.1, 0.15) is 34.3 Å². The number of furan rings is 1. The van der Waals surface area contributed by atoms with Gasteiger partial charge in [-0.05, 0) is 37.5 Å². The van der Waals surface area contributed by atoms with Gasteiger partial charge >= 0.3 is 0 Å². The summed E-state index contributed by atoms with van der Waals surface area (Å²) in [6.45, 7) is 3.81. The number of carbonyl (C=O) groups is 1. The van der Waals surface area contributed by atoms with Crippen LogP contribution in [0.25, 0.3) is 11.5 Å². The number of rotatable bonds is 2. The second kappa shape index (κ2) is 5.97. The van der Waals surface area contributed by atoms with Gasteiger partial charge in [-0.2, -0.15) is 5.10 Å². The van der Waals surface area contributed by atoms with E-state index in [-0.39, 0.29) is 17.4 Å². The average Bonchev–Trinajstić information content (AvgIpc) is 3.31. The zero-order valence-electron chi connectivity index (χ0n) is 15.0. The molecular weight excluding hydrogens is 344 g/mol. The summed E-state index contributed by atoms with van der Waals surface area (Å²) in [5.41, 5.74) is 2.17. The Kier molecular flexibility index (Phi) is 3.56. The zero-order valence-corrected chi connectivity index (χ0v) is 15.0. The number of hydrogen-bond donors (Lipinski definition) is 1. The van der Waals surface area contributed by atoms with Crippen molar-refractivity contribution in [1.82, 2.24) is 19.7 Å². The van der Waals surface area contributed by atoms with Crippen molar-refractivity contribution in [3.8, 4) is 11.5 Å². The fraction of sp³-hybridized carbons (Fsp3) is 0.350. The molecule has 0 unspecified atom stereocenters. The number of H-pyrrole nitrogens is 1. The Morgan fingerprint density at radius 1 is 1.22 bits per heavy atom. The smallest absolute Gasteiger partial charge is 0.274 e. The Balaban J connectivity index is 1.40. The SMILES string of the molecule is Cc1ccc(-c2cc(C(=O)N3C[C@H]4C[C@@H](C3)c3cccc(=O)n3C4)n[nH]2)o1. The number of piperidine rings is 1. The number of fused-ring (bicyclic) bond motifs is 4. The first-order valence-electron chi connectivity index (χ1n) is 9.20. The van der Waals surface area contributed by atoms with Gasteiger partial charge in [-0.15, -0.1) is 0 Å². The molecule has 27 heavy (non-hydrogen) atoms. The highest BCUT2D eigenvalue weighted by molar-refractivity contribution is 5.93. The molecule has 5 rings (SSSR count). The molecule has 7 nitrogen and oxygen atoms in total. The first kappa shape index (κ1) is 16.1. The van der Waals surface area contributed by atoms with Gasteiger partial charge in [0.15, 0.2) is 11.5 Å². The maximum Gasteiger partial charge on any atom is 0.274 e. The predicted octanol–water partition coefficient (Wildman–Crippen LogP) is 2.40. The molecule has 2 aliphatic rings. The first-order chi connectivity index (χ1) is 13.1. The molecule has 1 saturated heterocycles. The molecule has 0 saturated carbocycles. The third kappa shape index (κ3) is 2.70. The van der Waals surface area contributed by atoms with Crippen molar-refractivity contribution >= 4 is 5.91 Å². The molecule has 0 aliphatic carbocycles. The van der Waals surface area contributed by atoms with Crippen LogP contribution in [-0.4, -0.2) is 38.7 Å². The lowest BCUT2D eigenvalue weighted by atomic mass is 9.83. The molecule has 3 aromatic rings. The summed E-state index contributed by atoms with van der Waals surface area (Å²) in [7, 11) is 0. The second-order valence-corrected chi connectivity index (χ2v) is 7.49. The molecule has 0 radical (unpaired) electrons. The van der Waals surface area contributed by atoms with E-state index in [0.717, 1.165) is 17.9 Å². The van der Waals surface area contributed by atoms with E-state index in [1.54, 1.807) is 18.2 Å². The summed E-state index contributed by atoms with van der Waals surface area (Å²) in [5.74, 6) is 1.89. The third-order valence-corrected chi connectivity index (χ3v) is 5.57. The lowest BCUT2D eigenvalue weighted by Gasteiger charge is -2.42. The maximum atomic E-state index is 13.0. The number of amides is 1. The fourth-order valence-electron chi connectivity index (χ4n) is 4.36. The van der Waals surface area contributed by atoms with Gasteiger partial charge in [0, 0.05) is 43.4 Å². The van der Waals surface area contributed by atoms with Crippen LogP contribution >= 0.6 is 0 Å². The number of aryl methyl sites for hydroxylation is 1. The van der Waals surface area contributed by atoms with E-state index in [4.69, 9.17) is 4.42 Å². The van der Waals surface area contributed by atoms with E-state index >= 15 is 0 Å². The van der Waals surface area contributed by atoms with Crippen LogP contribution < -0.4 is 5.56 Å². The highest BCUT2D eigenvalue weighted by atomic mass is 16.3. The Morgan fingerprint density at radius 2 is 2.11 bits per heavy atom. The Bertz CT molecular complexity index is 1080. The van der Waals surface area contributed by atoms with Gasteiger partial charge in [0.05, 0.1) is 0 Å². The van der Waals surface area contributed by atoms with Crippen LogP contribution in [0.5, 0.6) is 0 Å². The molecule has 5 heterocycles. The summed E-state index contributed by atoms with van der Waals surface area (Å²) < 4.78 is 7.46. The molecule has 1 fully saturated rings. The summed E-state index contributed by atoms with van der Waals surface area (Å²) >= 11 is 0. The van der Waals surface area contributed by atoms with E-state index < -0.39 is 0 Å². The van der Waals surface area contributed by atoms with Crippen molar-refractivity contribution in [2.24, 2.45) is 5.92 Å². The molecule has 2 bridgehead atoms. The predicted molar refractivity (Wildman–Crippen MR) is 98.5 cm³/mol. The number of likely N-dealkylation sites (tertiary alicyclic amines) is 1. The number of aromatic amines is 1. The lowest BCUT2D eigenvalue weighted by molar-refractivity contribution is 0.0588. The van der Waals surface area contributed by atoms with Crippen LogP contribution in [-0.2, 0) is 6.54 Å². The summed E-state index contributed by atoms with van der Waals surface area (Å²) in [5, 5.41) is 7.09.